The van der Waals surface area contributed by atoms with E-state index in [0.717, 1.165) is 19.4 Å². The van der Waals surface area contributed by atoms with E-state index >= 15 is 0 Å². The summed E-state index contributed by atoms with van der Waals surface area (Å²) < 4.78 is 11.1. The Kier molecular flexibility index (Phi) is 4.55. The SMILES string of the molecule is CONC(=O)c1ccccc1OCC1CCCO1. The molecule has 5 heteroatoms. The highest BCUT2D eigenvalue weighted by molar-refractivity contribution is 5.96. The van der Waals surface area contributed by atoms with Gasteiger partial charge in [0.25, 0.3) is 5.91 Å². The molecule has 1 aromatic carbocycles. The highest BCUT2D eigenvalue weighted by atomic mass is 16.6. The van der Waals surface area contributed by atoms with Crippen LogP contribution >= 0.6 is 0 Å². The monoisotopic (exact) mass is 251 g/mol. The summed E-state index contributed by atoms with van der Waals surface area (Å²) in [7, 11) is 1.40. The molecule has 1 aliphatic rings. The van der Waals surface area contributed by atoms with Crippen molar-refractivity contribution in [1.82, 2.24) is 5.48 Å². The first-order chi connectivity index (χ1) is 8.81. The number of hydrogen-bond donors (Lipinski definition) is 1. The zero-order chi connectivity index (χ0) is 12.8. The maximum absolute atomic E-state index is 11.7. The van der Waals surface area contributed by atoms with Crippen LogP contribution in [0.2, 0.25) is 0 Å². The molecule has 1 N–H and O–H groups in total. The average Bonchev–Trinajstić information content (AvgIpc) is 2.90. The zero-order valence-corrected chi connectivity index (χ0v) is 10.3. The van der Waals surface area contributed by atoms with E-state index in [4.69, 9.17) is 9.47 Å². The minimum atomic E-state index is -0.319. The number of benzene rings is 1. The van der Waals surface area contributed by atoms with E-state index in [2.05, 4.69) is 10.3 Å². The van der Waals surface area contributed by atoms with Gasteiger partial charge in [-0.1, -0.05) is 12.1 Å². The lowest BCUT2D eigenvalue weighted by Gasteiger charge is -2.14. The second-order valence-corrected chi connectivity index (χ2v) is 4.08. The summed E-state index contributed by atoms with van der Waals surface area (Å²) >= 11 is 0. The van der Waals surface area contributed by atoms with Crippen molar-refractivity contribution in [1.29, 1.82) is 0 Å². The summed E-state index contributed by atoms with van der Waals surface area (Å²) in [6.45, 7) is 1.26. The maximum atomic E-state index is 11.7. The van der Waals surface area contributed by atoms with E-state index in [1.165, 1.54) is 7.11 Å². The number of amides is 1. The largest absolute Gasteiger partial charge is 0.490 e. The number of rotatable bonds is 5. The number of ether oxygens (including phenoxy) is 2. The van der Waals surface area contributed by atoms with Crippen LogP contribution in [0.4, 0.5) is 0 Å². The van der Waals surface area contributed by atoms with Gasteiger partial charge in [0, 0.05) is 6.61 Å². The van der Waals surface area contributed by atoms with E-state index in [-0.39, 0.29) is 12.0 Å². The van der Waals surface area contributed by atoms with Crippen LogP contribution in [0, 0.1) is 0 Å². The molecule has 1 amide bonds. The Morgan fingerprint density at radius 2 is 2.33 bits per heavy atom. The van der Waals surface area contributed by atoms with Crippen molar-refractivity contribution in [3.63, 3.8) is 0 Å². The lowest BCUT2D eigenvalue weighted by molar-refractivity contribution is 0.0519. The third-order valence-corrected chi connectivity index (χ3v) is 2.78. The Bertz CT molecular complexity index is 402. The third kappa shape index (κ3) is 3.21. The Morgan fingerprint density at radius 1 is 1.50 bits per heavy atom. The Labute approximate surface area is 106 Å². The molecule has 98 valence electrons. The topological polar surface area (TPSA) is 56.8 Å². The van der Waals surface area contributed by atoms with Gasteiger partial charge in [-0.05, 0) is 25.0 Å². The lowest BCUT2D eigenvalue weighted by Crippen LogP contribution is -2.23. The molecule has 0 aromatic heterocycles. The third-order valence-electron chi connectivity index (χ3n) is 2.78. The van der Waals surface area contributed by atoms with Crippen LogP contribution in [0.25, 0.3) is 0 Å². The van der Waals surface area contributed by atoms with Crippen LogP contribution in [-0.2, 0) is 9.57 Å². The molecule has 1 heterocycles. The normalized spacial score (nSPS) is 18.6. The van der Waals surface area contributed by atoms with E-state index in [9.17, 15) is 4.79 Å². The summed E-state index contributed by atoms with van der Waals surface area (Å²) in [6.07, 6.45) is 2.20. The Morgan fingerprint density at radius 3 is 3.06 bits per heavy atom. The molecule has 0 radical (unpaired) electrons. The fraction of sp³-hybridized carbons (Fsp3) is 0.462. The average molecular weight is 251 g/mol. The van der Waals surface area contributed by atoms with Crippen molar-refractivity contribution in [3.05, 3.63) is 29.8 Å². The lowest BCUT2D eigenvalue weighted by atomic mass is 10.2. The Hall–Kier alpha value is -1.59. The van der Waals surface area contributed by atoms with Gasteiger partial charge < -0.3 is 9.47 Å². The van der Waals surface area contributed by atoms with Crippen LogP contribution in [0.5, 0.6) is 5.75 Å². The molecule has 1 fully saturated rings. The first-order valence-corrected chi connectivity index (χ1v) is 5.98. The minimum Gasteiger partial charge on any atom is -0.490 e. The second-order valence-electron chi connectivity index (χ2n) is 4.08. The molecule has 5 nitrogen and oxygen atoms in total. The fourth-order valence-electron chi connectivity index (χ4n) is 1.89. The molecular formula is C13H17NO4. The number of carbonyl (C=O) groups is 1. The predicted molar refractivity (Wildman–Crippen MR) is 65.4 cm³/mol. The van der Waals surface area contributed by atoms with Gasteiger partial charge in [-0.25, -0.2) is 5.48 Å². The minimum absolute atomic E-state index is 0.128. The number of nitrogens with one attached hydrogen (secondary N) is 1. The van der Waals surface area contributed by atoms with Gasteiger partial charge in [-0.2, -0.15) is 0 Å². The standard InChI is InChI=1S/C13H17NO4/c1-16-14-13(15)11-6-2-3-7-12(11)18-9-10-5-4-8-17-10/h2-3,6-7,10H,4-5,8-9H2,1H3,(H,14,15). The maximum Gasteiger partial charge on any atom is 0.278 e. The van der Waals surface area contributed by atoms with Gasteiger partial charge in [0.05, 0.1) is 18.8 Å². The van der Waals surface area contributed by atoms with Crippen LogP contribution in [0.1, 0.15) is 23.2 Å². The van der Waals surface area contributed by atoms with Gasteiger partial charge >= 0.3 is 0 Å². The van der Waals surface area contributed by atoms with Crippen molar-refractivity contribution < 1.29 is 19.1 Å². The molecule has 0 saturated carbocycles. The fourth-order valence-corrected chi connectivity index (χ4v) is 1.89. The molecule has 1 aromatic rings. The highest BCUT2D eigenvalue weighted by Crippen LogP contribution is 2.20. The molecule has 1 atom stereocenters. The molecule has 0 spiro atoms. The smallest absolute Gasteiger partial charge is 0.278 e. The molecule has 1 saturated heterocycles. The van der Waals surface area contributed by atoms with Crippen LogP contribution in [0.15, 0.2) is 24.3 Å². The molecular weight excluding hydrogens is 234 g/mol. The number of carbonyl (C=O) groups excluding carboxylic acids is 1. The summed E-state index contributed by atoms with van der Waals surface area (Å²) in [6, 6.07) is 7.07. The second kappa shape index (κ2) is 6.37. The van der Waals surface area contributed by atoms with E-state index < -0.39 is 0 Å². The van der Waals surface area contributed by atoms with Gasteiger partial charge in [0.2, 0.25) is 0 Å². The molecule has 2 rings (SSSR count). The van der Waals surface area contributed by atoms with Gasteiger partial charge in [0.1, 0.15) is 12.4 Å². The summed E-state index contributed by atoms with van der Waals surface area (Å²) in [4.78, 5) is 16.3. The van der Waals surface area contributed by atoms with Crippen LogP contribution < -0.4 is 10.2 Å². The quantitative estimate of drug-likeness (QED) is 0.806. The van der Waals surface area contributed by atoms with Crippen molar-refractivity contribution >= 4 is 5.91 Å². The molecule has 1 unspecified atom stereocenters. The summed E-state index contributed by atoms with van der Waals surface area (Å²) in [5.74, 6) is 0.225. The molecule has 18 heavy (non-hydrogen) atoms. The van der Waals surface area contributed by atoms with Crippen LogP contribution in [-0.4, -0.2) is 32.3 Å². The number of hydrogen-bond acceptors (Lipinski definition) is 4. The van der Waals surface area contributed by atoms with E-state index in [1.54, 1.807) is 18.2 Å². The van der Waals surface area contributed by atoms with Crippen molar-refractivity contribution in [2.24, 2.45) is 0 Å². The first kappa shape index (κ1) is 12.9. The van der Waals surface area contributed by atoms with Crippen LogP contribution in [0.3, 0.4) is 0 Å². The zero-order valence-electron chi connectivity index (χ0n) is 10.3. The van der Waals surface area contributed by atoms with Crippen molar-refractivity contribution in [2.75, 3.05) is 20.3 Å². The highest BCUT2D eigenvalue weighted by Gasteiger charge is 2.18. The summed E-state index contributed by atoms with van der Waals surface area (Å²) in [5, 5.41) is 0. The Balaban J connectivity index is 2.00. The van der Waals surface area contributed by atoms with Gasteiger partial charge in [0.15, 0.2) is 0 Å². The number of hydroxylamine groups is 1. The van der Waals surface area contributed by atoms with E-state index in [0.29, 0.717) is 17.9 Å². The van der Waals surface area contributed by atoms with Crippen molar-refractivity contribution in [2.45, 2.75) is 18.9 Å². The van der Waals surface area contributed by atoms with E-state index in [1.807, 2.05) is 6.07 Å². The first-order valence-electron chi connectivity index (χ1n) is 5.98. The summed E-state index contributed by atoms with van der Waals surface area (Å²) in [5.41, 5.74) is 2.74. The van der Waals surface area contributed by atoms with Gasteiger partial charge in [-0.15, -0.1) is 0 Å². The predicted octanol–water partition coefficient (Wildman–Crippen LogP) is 1.54. The van der Waals surface area contributed by atoms with Gasteiger partial charge in [-0.3, -0.25) is 9.63 Å². The molecule has 0 bridgehead atoms. The number of para-hydroxylation sites is 1. The van der Waals surface area contributed by atoms with Crippen molar-refractivity contribution in [3.8, 4) is 5.75 Å². The molecule has 0 aliphatic carbocycles. The molecule has 1 aliphatic heterocycles.